The van der Waals surface area contributed by atoms with Crippen molar-refractivity contribution < 1.29 is 4.42 Å². The Kier molecular flexibility index (Phi) is 4.24. The Bertz CT molecular complexity index is 1010. The topological polar surface area (TPSA) is 51.8 Å². The molecule has 2 aromatic heterocycles. The minimum Gasteiger partial charge on any atom is -0.419 e. The van der Waals surface area contributed by atoms with Crippen LogP contribution in [0.5, 0.6) is 0 Å². The van der Waals surface area contributed by atoms with Crippen molar-refractivity contribution in [3.05, 3.63) is 72.2 Å². The van der Waals surface area contributed by atoms with Crippen LogP contribution in [-0.2, 0) is 0 Å². The molecule has 0 N–H and O–H groups in total. The molecule has 0 unspecified atom stereocenters. The number of aryl methyl sites for hydroxylation is 1. The zero-order valence-electron chi connectivity index (χ0n) is 14.0. The van der Waals surface area contributed by atoms with Crippen molar-refractivity contribution in [3.8, 4) is 11.5 Å². The molecule has 25 heavy (non-hydrogen) atoms. The summed E-state index contributed by atoms with van der Waals surface area (Å²) < 4.78 is 5.90. The van der Waals surface area contributed by atoms with E-state index >= 15 is 0 Å². The molecular formula is C20H17N3OS. The van der Waals surface area contributed by atoms with E-state index in [1.54, 1.807) is 11.8 Å². The van der Waals surface area contributed by atoms with Crippen LogP contribution in [0.25, 0.3) is 22.4 Å². The summed E-state index contributed by atoms with van der Waals surface area (Å²) in [6.45, 7) is 4.13. The van der Waals surface area contributed by atoms with Gasteiger partial charge in [-0.3, -0.25) is 4.98 Å². The molecule has 2 heterocycles. The third-order valence-corrected chi connectivity index (χ3v) is 5.16. The van der Waals surface area contributed by atoms with Crippen molar-refractivity contribution in [2.45, 2.75) is 24.0 Å². The molecule has 0 amide bonds. The maximum absolute atomic E-state index is 5.90. The molecule has 4 rings (SSSR count). The molecule has 4 nitrogen and oxygen atoms in total. The molecule has 1 atom stereocenters. The minimum atomic E-state index is 0.0532. The number of hydrogen-bond acceptors (Lipinski definition) is 5. The van der Waals surface area contributed by atoms with Crippen LogP contribution in [0.2, 0.25) is 0 Å². The van der Waals surface area contributed by atoms with Gasteiger partial charge in [0, 0.05) is 22.0 Å². The monoisotopic (exact) mass is 347 g/mol. The fraction of sp³-hybridized carbons (Fsp3) is 0.150. The first-order valence-corrected chi connectivity index (χ1v) is 8.99. The normalized spacial score (nSPS) is 12.4. The summed E-state index contributed by atoms with van der Waals surface area (Å²) in [5, 5.41) is 9.63. The molecule has 4 aromatic rings. The van der Waals surface area contributed by atoms with E-state index in [-0.39, 0.29) is 5.25 Å². The van der Waals surface area contributed by atoms with Crippen LogP contribution in [0, 0.1) is 6.92 Å². The standard InChI is InChI=1S/C20H17N3OS/c1-13-7-9-15(10-8-13)20-23-22-19(24-20)14(2)25-18-11-12-21-17-6-4-3-5-16(17)18/h3-12,14H,1-2H3/t14-/m0/s1. The molecule has 2 aromatic carbocycles. The first-order valence-electron chi connectivity index (χ1n) is 8.11. The van der Waals surface area contributed by atoms with Crippen molar-refractivity contribution in [2.75, 3.05) is 0 Å². The Morgan fingerprint density at radius 2 is 1.76 bits per heavy atom. The average Bonchev–Trinajstić information content (AvgIpc) is 3.13. The van der Waals surface area contributed by atoms with Gasteiger partial charge in [0.15, 0.2) is 0 Å². The van der Waals surface area contributed by atoms with Gasteiger partial charge in [-0.25, -0.2) is 0 Å². The number of fused-ring (bicyclic) bond motifs is 1. The Hall–Kier alpha value is -2.66. The van der Waals surface area contributed by atoms with Crippen LogP contribution in [-0.4, -0.2) is 15.2 Å². The zero-order chi connectivity index (χ0) is 17.2. The van der Waals surface area contributed by atoms with Gasteiger partial charge in [-0.15, -0.1) is 22.0 Å². The lowest BCUT2D eigenvalue weighted by molar-refractivity contribution is 0.509. The number of pyridine rings is 1. The molecule has 0 bridgehead atoms. The molecule has 0 spiro atoms. The third-order valence-electron chi connectivity index (χ3n) is 4.00. The van der Waals surface area contributed by atoms with Gasteiger partial charge in [0.25, 0.3) is 0 Å². The van der Waals surface area contributed by atoms with Crippen molar-refractivity contribution in [3.63, 3.8) is 0 Å². The van der Waals surface area contributed by atoms with Gasteiger partial charge in [0.05, 0.1) is 10.8 Å². The second-order valence-corrected chi connectivity index (χ2v) is 7.28. The number of hydrogen-bond donors (Lipinski definition) is 0. The molecule has 0 radical (unpaired) electrons. The van der Waals surface area contributed by atoms with Crippen LogP contribution >= 0.6 is 11.8 Å². The van der Waals surface area contributed by atoms with E-state index in [1.165, 1.54) is 5.56 Å². The van der Waals surface area contributed by atoms with Crippen LogP contribution in [0.3, 0.4) is 0 Å². The number of nitrogens with zero attached hydrogens (tertiary/aromatic N) is 3. The molecular weight excluding hydrogens is 330 g/mol. The second-order valence-electron chi connectivity index (χ2n) is 5.90. The van der Waals surface area contributed by atoms with Crippen molar-refractivity contribution >= 4 is 22.7 Å². The van der Waals surface area contributed by atoms with Crippen molar-refractivity contribution in [1.29, 1.82) is 0 Å². The van der Waals surface area contributed by atoms with Gasteiger partial charge in [0.1, 0.15) is 0 Å². The fourth-order valence-corrected chi connectivity index (χ4v) is 3.64. The third kappa shape index (κ3) is 3.28. The lowest BCUT2D eigenvalue weighted by Gasteiger charge is -2.09. The maximum Gasteiger partial charge on any atom is 0.247 e. The molecule has 0 saturated heterocycles. The number of rotatable bonds is 4. The molecule has 0 aliphatic rings. The first-order chi connectivity index (χ1) is 12.2. The lowest BCUT2D eigenvalue weighted by Crippen LogP contribution is -1.90. The number of aromatic nitrogens is 3. The van der Waals surface area contributed by atoms with Crippen LogP contribution < -0.4 is 0 Å². The molecule has 5 heteroatoms. The zero-order valence-corrected chi connectivity index (χ0v) is 14.8. The highest BCUT2D eigenvalue weighted by Crippen LogP contribution is 2.38. The summed E-state index contributed by atoms with van der Waals surface area (Å²) in [4.78, 5) is 5.57. The van der Waals surface area contributed by atoms with E-state index in [9.17, 15) is 0 Å². The summed E-state index contributed by atoms with van der Waals surface area (Å²) >= 11 is 1.70. The lowest BCUT2D eigenvalue weighted by atomic mass is 10.1. The van der Waals surface area contributed by atoms with E-state index in [2.05, 4.69) is 35.1 Å². The summed E-state index contributed by atoms with van der Waals surface area (Å²) in [7, 11) is 0. The van der Waals surface area contributed by atoms with E-state index in [0.29, 0.717) is 11.8 Å². The average molecular weight is 347 g/mol. The highest BCUT2D eigenvalue weighted by Gasteiger charge is 2.17. The largest absolute Gasteiger partial charge is 0.419 e. The molecule has 124 valence electrons. The number of para-hydroxylation sites is 1. The Morgan fingerprint density at radius 3 is 2.60 bits per heavy atom. The highest BCUT2D eigenvalue weighted by atomic mass is 32.2. The van der Waals surface area contributed by atoms with Gasteiger partial charge in [-0.05, 0) is 38.1 Å². The number of thioether (sulfide) groups is 1. The van der Waals surface area contributed by atoms with Gasteiger partial charge in [-0.1, -0.05) is 35.9 Å². The number of benzene rings is 2. The molecule has 0 aliphatic carbocycles. The Morgan fingerprint density at radius 1 is 0.960 bits per heavy atom. The Balaban J connectivity index is 1.59. The Labute approximate surface area is 150 Å². The highest BCUT2D eigenvalue weighted by molar-refractivity contribution is 7.99. The van der Waals surface area contributed by atoms with Crippen molar-refractivity contribution in [1.82, 2.24) is 15.2 Å². The summed E-state index contributed by atoms with van der Waals surface area (Å²) in [5.41, 5.74) is 3.14. The van der Waals surface area contributed by atoms with Gasteiger partial charge in [0.2, 0.25) is 11.8 Å². The van der Waals surface area contributed by atoms with Crippen LogP contribution in [0.1, 0.15) is 23.6 Å². The SMILES string of the molecule is Cc1ccc(-c2nnc([C@H](C)Sc3ccnc4ccccc34)o2)cc1. The minimum absolute atomic E-state index is 0.0532. The predicted molar refractivity (Wildman–Crippen MR) is 100 cm³/mol. The summed E-state index contributed by atoms with van der Waals surface area (Å²) in [5.74, 6) is 1.18. The summed E-state index contributed by atoms with van der Waals surface area (Å²) in [6.07, 6.45) is 1.84. The van der Waals surface area contributed by atoms with Crippen LogP contribution in [0.4, 0.5) is 0 Å². The van der Waals surface area contributed by atoms with Gasteiger partial charge in [-0.2, -0.15) is 0 Å². The summed E-state index contributed by atoms with van der Waals surface area (Å²) in [6, 6.07) is 18.2. The van der Waals surface area contributed by atoms with Crippen LogP contribution in [0.15, 0.2) is 70.1 Å². The fourth-order valence-electron chi connectivity index (χ4n) is 2.62. The van der Waals surface area contributed by atoms with E-state index < -0.39 is 0 Å². The first kappa shape index (κ1) is 15.8. The molecule has 0 aliphatic heterocycles. The van der Waals surface area contributed by atoms with E-state index in [4.69, 9.17) is 4.42 Å². The molecule has 0 fully saturated rings. The van der Waals surface area contributed by atoms with E-state index in [1.807, 2.05) is 54.7 Å². The maximum atomic E-state index is 5.90. The smallest absolute Gasteiger partial charge is 0.247 e. The quantitative estimate of drug-likeness (QED) is 0.460. The molecule has 0 saturated carbocycles. The van der Waals surface area contributed by atoms with Gasteiger partial charge < -0.3 is 4.42 Å². The van der Waals surface area contributed by atoms with Gasteiger partial charge >= 0.3 is 0 Å². The predicted octanol–water partition coefficient (Wildman–Crippen LogP) is 5.45. The van der Waals surface area contributed by atoms with Crippen molar-refractivity contribution in [2.24, 2.45) is 0 Å². The second kappa shape index (κ2) is 6.69. The van der Waals surface area contributed by atoms with E-state index in [0.717, 1.165) is 21.4 Å².